The Morgan fingerprint density at radius 2 is 2.00 bits per heavy atom. The Morgan fingerprint density at radius 3 is 2.69 bits per heavy atom. The minimum Gasteiger partial charge on any atom is -0.476 e. The molecule has 3 atom stereocenters. The molecule has 0 saturated carbocycles. The van der Waals surface area contributed by atoms with Gasteiger partial charge in [0.1, 0.15) is 23.5 Å². The average molecular weight is 593 g/mol. The quantitative estimate of drug-likeness (QED) is 0.414. The standard InChI is InChI=1S/C31H44N8O2S/c1-5-8-22(29(40)21-10-6-11-24-27(21)23(16-32)30(34)42-24)28(33)31-35-25(39-14-13-37(3)19(2)17-39)15-26(36-31)41-18-20-9-7-12-38(20)4/h15,19-21H,5-14,17-18,33-34H2,1-4H3/b28-22-/t19-,20-,21-/m0/s1. The van der Waals surface area contributed by atoms with Gasteiger partial charge in [0.15, 0.2) is 11.6 Å². The second kappa shape index (κ2) is 13.0. The number of piperazine rings is 1. The Bertz CT molecular complexity index is 1380. The van der Waals surface area contributed by atoms with Crippen LogP contribution in [0.3, 0.4) is 0 Å². The van der Waals surface area contributed by atoms with Crippen LogP contribution in [0.25, 0.3) is 5.70 Å². The number of nitrogens with two attached hydrogens (primary N) is 2. The molecule has 0 bridgehead atoms. The van der Waals surface area contributed by atoms with Gasteiger partial charge in [0.05, 0.1) is 11.3 Å². The van der Waals surface area contributed by atoms with Crippen LogP contribution in [0.4, 0.5) is 10.8 Å². The van der Waals surface area contributed by atoms with Crippen LogP contribution in [0.15, 0.2) is 11.6 Å². The monoisotopic (exact) mass is 592 g/mol. The zero-order chi connectivity index (χ0) is 30.0. The summed E-state index contributed by atoms with van der Waals surface area (Å²) in [6.45, 7) is 8.42. The number of hydrogen-bond donors (Lipinski definition) is 2. The summed E-state index contributed by atoms with van der Waals surface area (Å²) < 4.78 is 6.29. The second-order valence-corrected chi connectivity index (χ2v) is 13.1. The Morgan fingerprint density at radius 1 is 1.19 bits per heavy atom. The lowest BCUT2D eigenvalue weighted by atomic mass is 9.79. The third-order valence-corrected chi connectivity index (χ3v) is 10.2. The third kappa shape index (κ3) is 6.12. The zero-order valence-electron chi connectivity index (χ0n) is 25.4. The second-order valence-electron chi connectivity index (χ2n) is 12.0. The lowest BCUT2D eigenvalue weighted by Crippen LogP contribution is -2.50. The minimum atomic E-state index is -0.438. The number of thiophene rings is 1. The molecular formula is C31H44N8O2S. The van der Waals surface area contributed by atoms with Crippen molar-refractivity contribution in [2.24, 2.45) is 5.73 Å². The number of Topliss-reactive ketones (excluding diaryl/α,β-unsaturated/α-hetero) is 1. The molecule has 5 rings (SSSR count). The number of fused-ring (bicyclic) bond motifs is 1. The van der Waals surface area contributed by atoms with Gasteiger partial charge in [-0.25, -0.2) is 4.98 Å². The number of carbonyl (C=O) groups is 1. The largest absolute Gasteiger partial charge is 0.476 e. The number of ketones is 1. The number of likely N-dealkylation sites (tertiary alicyclic amines) is 1. The molecule has 2 saturated heterocycles. The summed E-state index contributed by atoms with van der Waals surface area (Å²) in [5.41, 5.74) is 15.1. The van der Waals surface area contributed by atoms with Crippen LogP contribution in [0.1, 0.15) is 80.1 Å². The first-order valence-corrected chi connectivity index (χ1v) is 16.0. The number of rotatable bonds is 9. The molecule has 0 amide bonds. The fourth-order valence-electron chi connectivity index (χ4n) is 6.44. The first-order valence-electron chi connectivity index (χ1n) is 15.2. The van der Waals surface area contributed by atoms with Crippen molar-refractivity contribution in [2.45, 2.75) is 76.8 Å². The number of ether oxygens (including phenoxy) is 1. The maximum absolute atomic E-state index is 14.2. The molecule has 4 N–H and O–H groups in total. The Balaban J connectivity index is 1.52. The van der Waals surface area contributed by atoms with E-state index in [1.165, 1.54) is 11.3 Å². The van der Waals surface area contributed by atoms with Crippen molar-refractivity contribution in [3.63, 3.8) is 0 Å². The number of anilines is 2. The highest BCUT2D eigenvalue weighted by molar-refractivity contribution is 7.16. The molecule has 2 fully saturated rings. The maximum Gasteiger partial charge on any atom is 0.219 e. The van der Waals surface area contributed by atoms with Crippen molar-refractivity contribution in [3.05, 3.63) is 33.5 Å². The van der Waals surface area contributed by atoms with Gasteiger partial charge in [-0.05, 0) is 71.7 Å². The van der Waals surface area contributed by atoms with Crippen molar-refractivity contribution in [1.29, 1.82) is 5.26 Å². The molecule has 0 unspecified atom stereocenters. The molecule has 226 valence electrons. The number of carbonyl (C=O) groups excluding carboxylic acids is 1. The van der Waals surface area contributed by atoms with E-state index in [9.17, 15) is 10.1 Å². The first kappa shape index (κ1) is 30.3. The third-order valence-electron chi connectivity index (χ3n) is 9.15. The molecule has 0 aromatic carbocycles. The summed E-state index contributed by atoms with van der Waals surface area (Å²) >= 11 is 1.43. The molecule has 2 aromatic rings. The fourth-order valence-corrected chi connectivity index (χ4v) is 7.56. The highest BCUT2D eigenvalue weighted by Crippen LogP contribution is 2.44. The van der Waals surface area contributed by atoms with Gasteiger partial charge in [0.2, 0.25) is 5.88 Å². The van der Waals surface area contributed by atoms with E-state index >= 15 is 0 Å². The summed E-state index contributed by atoms with van der Waals surface area (Å²) in [7, 11) is 4.27. The first-order chi connectivity index (χ1) is 20.2. The number of allylic oxidation sites excluding steroid dienone is 1. The Kier molecular flexibility index (Phi) is 9.35. The number of hydrogen-bond acceptors (Lipinski definition) is 11. The van der Waals surface area contributed by atoms with E-state index in [0.717, 1.165) is 74.5 Å². The van der Waals surface area contributed by atoms with Crippen molar-refractivity contribution in [2.75, 3.05) is 57.5 Å². The normalized spacial score (nSPS) is 23.8. The molecule has 2 aromatic heterocycles. The van der Waals surface area contributed by atoms with Crippen molar-refractivity contribution >= 4 is 33.6 Å². The molecule has 4 heterocycles. The summed E-state index contributed by atoms with van der Waals surface area (Å²) in [5.74, 6) is 1.07. The van der Waals surface area contributed by atoms with Crippen LogP contribution in [-0.4, -0.2) is 84.5 Å². The average Bonchev–Trinajstić information content (AvgIpc) is 3.55. The lowest BCUT2D eigenvalue weighted by molar-refractivity contribution is -0.117. The van der Waals surface area contributed by atoms with Crippen LogP contribution in [0.2, 0.25) is 0 Å². The predicted octanol–water partition coefficient (Wildman–Crippen LogP) is 3.76. The summed E-state index contributed by atoms with van der Waals surface area (Å²) in [6, 6.07) is 4.87. The number of nitriles is 1. The van der Waals surface area contributed by atoms with Crippen LogP contribution >= 0.6 is 11.3 Å². The van der Waals surface area contributed by atoms with Crippen LogP contribution in [0, 0.1) is 11.3 Å². The number of aromatic nitrogens is 2. The van der Waals surface area contributed by atoms with Gasteiger partial charge in [-0.1, -0.05) is 13.3 Å². The number of aryl methyl sites for hydroxylation is 1. The van der Waals surface area contributed by atoms with Crippen molar-refractivity contribution in [3.8, 4) is 11.9 Å². The topological polar surface area (TPSA) is 138 Å². The molecule has 2 aliphatic heterocycles. The number of nitrogens with zero attached hydrogens (tertiary/aromatic N) is 6. The highest BCUT2D eigenvalue weighted by Gasteiger charge is 2.35. The molecule has 3 aliphatic rings. The van der Waals surface area contributed by atoms with E-state index in [1.54, 1.807) is 0 Å². The van der Waals surface area contributed by atoms with E-state index in [1.807, 2.05) is 13.0 Å². The van der Waals surface area contributed by atoms with Crippen LogP contribution in [-0.2, 0) is 11.2 Å². The van der Waals surface area contributed by atoms with Crippen LogP contribution in [0.5, 0.6) is 5.88 Å². The smallest absolute Gasteiger partial charge is 0.219 e. The molecule has 42 heavy (non-hydrogen) atoms. The van der Waals surface area contributed by atoms with Crippen molar-refractivity contribution in [1.82, 2.24) is 19.8 Å². The van der Waals surface area contributed by atoms with Crippen molar-refractivity contribution < 1.29 is 9.53 Å². The van der Waals surface area contributed by atoms with Gasteiger partial charge in [0, 0.05) is 54.2 Å². The summed E-state index contributed by atoms with van der Waals surface area (Å²) in [4.78, 5) is 31.9. The van der Waals surface area contributed by atoms with Gasteiger partial charge in [-0.15, -0.1) is 11.3 Å². The lowest BCUT2D eigenvalue weighted by Gasteiger charge is -2.38. The van der Waals surface area contributed by atoms with E-state index in [0.29, 0.717) is 65.1 Å². The van der Waals surface area contributed by atoms with Gasteiger partial charge in [-0.2, -0.15) is 10.2 Å². The molecule has 10 nitrogen and oxygen atoms in total. The van der Waals surface area contributed by atoms with E-state index < -0.39 is 5.92 Å². The van der Waals surface area contributed by atoms with E-state index in [-0.39, 0.29) is 5.78 Å². The summed E-state index contributed by atoms with van der Waals surface area (Å²) in [5, 5.41) is 10.3. The highest BCUT2D eigenvalue weighted by atomic mass is 32.1. The SMILES string of the molecule is CCC/C(C(=O)[C@H]1CCCc2sc(N)c(C#N)c21)=C(/N)c1nc(OC[C@@H]2CCCN2C)cc(N2CCN(C)[C@@H](C)C2)n1. The Labute approximate surface area is 253 Å². The molecule has 0 spiro atoms. The van der Waals surface area contributed by atoms with Crippen LogP contribution < -0.4 is 21.1 Å². The molecular weight excluding hydrogens is 548 g/mol. The molecule has 1 aliphatic carbocycles. The number of likely N-dealkylation sites (N-methyl/N-ethyl adjacent to an activating group) is 2. The molecule has 0 radical (unpaired) electrons. The maximum atomic E-state index is 14.2. The van der Waals surface area contributed by atoms with E-state index in [4.69, 9.17) is 26.2 Å². The molecule has 11 heteroatoms. The van der Waals surface area contributed by atoms with Gasteiger partial charge < -0.3 is 30.9 Å². The minimum absolute atomic E-state index is 0.0538. The Hall–Kier alpha value is -3.20. The van der Waals surface area contributed by atoms with Gasteiger partial charge in [-0.3, -0.25) is 4.79 Å². The fraction of sp³-hybridized carbons (Fsp3) is 0.613. The van der Waals surface area contributed by atoms with E-state index in [2.05, 4.69) is 41.8 Å². The van der Waals surface area contributed by atoms with Gasteiger partial charge >= 0.3 is 0 Å². The predicted molar refractivity (Wildman–Crippen MR) is 168 cm³/mol. The van der Waals surface area contributed by atoms with Gasteiger partial charge in [0.25, 0.3) is 0 Å². The summed E-state index contributed by atoms with van der Waals surface area (Å²) in [6.07, 6.45) is 5.87. The zero-order valence-corrected chi connectivity index (χ0v) is 26.2. The number of nitrogen functional groups attached to an aromatic ring is 1.